The Bertz CT molecular complexity index is 251. The van der Waals surface area contributed by atoms with E-state index in [0.717, 1.165) is 51.8 Å². The predicted octanol–water partition coefficient (Wildman–Crippen LogP) is 0.997. The fraction of sp³-hybridized carbons (Fsp3) is 0.923. The SMILES string of the molecule is O=C(NCCCOC1CCNCC1)NC1CCC1. The lowest BCUT2D eigenvalue weighted by Crippen LogP contribution is -2.45. The summed E-state index contributed by atoms with van der Waals surface area (Å²) in [5, 5.41) is 9.15. The molecular formula is C13H25N3O2. The molecule has 2 rings (SSSR count). The van der Waals surface area contributed by atoms with Crippen LogP contribution in [-0.4, -0.2) is 44.4 Å². The van der Waals surface area contributed by atoms with Crippen LogP contribution in [0, 0.1) is 0 Å². The van der Waals surface area contributed by atoms with Crippen molar-refractivity contribution < 1.29 is 9.53 Å². The lowest BCUT2D eigenvalue weighted by Gasteiger charge is -2.26. The molecule has 2 aliphatic rings. The smallest absolute Gasteiger partial charge is 0.315 e. The van der Waals surface area contributed by atoms with Crippen molar-refractivity contribution >= 4 is 6.03 Å². The van der Waals surface area contributed by atoms with Crippen molar-refractivity contribution in [3.63, 3.8) is 0 Å². The molecule has 1 aliphatic carbocycles. The molecule has 0 aromatic heterocycles. The molecular weight excluding hydrogens is 230 g/mol. The first kappa shape index (κ1) is 13.6. The van der Waals surface area contributed by atoms with Gasteiger partial charge in [-0.2, -0.15) is 0 Å². The Balaban J connectivity index is 1.41. The van der Waals surface area contributed by atoms with Crippen molar-refractivity contribution in [1.29, 1.82) is 0 Å². The number of amides is 2. The van der Waals surface area contributed by atoms with Crippen LogP contribution in [0.4, 0.5) is 4.79 Å². The molecule has 0 unspecified atom stereocenters. The summed E-state index contributed by atoms with van der Waals surface area (Å²) in [6, 6.07) is 0.387. The van der Waals surface area contributed by atoms with E-state index in [1.165, 1.54) is 6.42 Å². The lowest BCUT2D eigenvalue weighted by atomic mass is 9.93. The monoisotopic (exact) mass is 255 g/mol. The quantitative estimate of drug-likeness (QED) is 0.620. The van der Waals surface area contributed by atoms with Crippen LogP contribution in [0.5, 0.6) is 0 Å². The molecule has 1 saturated carbocycles. The van der Waals surface area contributed by atoms with Crippen LogP contribution in [0.2, 0.25) is 0 Å². The van der Waals surface area contributed by atoms with Crippen molar-refractivity contribution in [3.05, 3.63) is 0 Å². The largest absolute Gasteiger partial charge is 0.378 e. The maximum absolute atomic E-state index is 11.4. The molecule has 0 radical (unpaired) electrons. The van der Waals surface area contributed by atoms with Crippen molar-refractivity contribution in [2.24, 2.45) is 0 Å². The minimum absolute atomic E-state index is 0.0263. The Morgan fingerprint density at radius 2 is 2.00 bits per heavy atom. The minimum atomic E-state index is -0.0263. The fourth-order valence-corrected chi connectivity index (χ4v) is 2.28. The molecule has 2 amide bonds. The fourth-order valence-electron chi connectivity index (χ4n) is 2.28. The minimum Gasteiger partial charge on any atom is -0.378 e. The Kier molecular flexibility index (Phi) is 5.74. The number of urea groups is 1. The number of rotatable bonds is 6. The zero-order chi connectivity index (χ0) is 12.6. The van der Waals surface area contributed by atoms with Gasteiger partial charge in [-0.05, 0) is 51.6 Å². The molecule has 5 nitrogen and oxygen atoms in total. The van der Waals surface area contributed by atoms with E-state index in [2.05, 4.69) is 16.0 Å². The van der Waals surface area contributed by atoms with Gasteiger partial charge in [-0.1, -0.05) is 0 Å². The number of hydrogen-bond acceptors (Lipinski definition) is 3. The molecule has 18 heavy (non-hydrogen) atoms. The summed E-state index contributed by atoms with van der Waals surface area (Å²) in [7, 11) is 0. The molecule has 0 aromatic carbocycles. The Hall–Kier alpha value is -0.810. The Morgan fingerprint density at radius 3 is 2.67 bits per heavy atom. The molecule has 1 aliphatic heterocycles. The third kappa shape index (κ3) is 4.82. The summed E-state index contributed by atoms with van der Waals surface area (Å²) in [5.74, 6) is 0. The lowest BCUT2D eigenvalue weighted by molar-refractivity contribution is 0.0320. The summed E-state index contributed by atoms with van der Waals surface area (Å²) in [4.78, 5) is 11.4. The predicted molar refractivity (Wildman–Crippen MR) is 70.6 cm³/mol. The number of carbonyl (C=O) groups is 1. The van der Waals surface area contributed by atoms with Gasteiger partial charge >= 0.3 is 6.03 Å². The van der Waals surface area contributed by atoms with Crippen molar-refractivity contribution in [1.82, 2.24) is 16.0 Å². The molecule has 0 spiro atoms. The molecule has 0 bridgehead atoms. The van der Waals surface area contributed by atoms with Crippen LogP contribution in [0.1, 0.15) is 38.5 Å². The number of piperidine rings is 1. The zero-order valence-corrected chi connectivity index (χ0v) is 11.0. The molecule has 1 heterocycles. The number of carbonyl (C=O) groups excluding carboxylic acids is 1. The number of nitrogens with one attached hydrogen (secondary N) is 3. The number of ether oxygens (including phenoxy) is 1. The van der Waals surface area contributed by atoms with Gasteiger partial charge in [0.05, 0.1) is 6.10 Å². The van der Waals surface area contributed by atoms with Crippen molar-refractivity contribution in [2.45, 2.75) is 50.7 Å². The van der Waals surface area contributed by atoms with Crippen molar-refractivity contribution in [3.8, 4) is 0 Å². The highest BCUT2D eigenvalue weighted by molar-refractivity contribution is 5.74. The van der Waals surface area contributed by atoms with Crippen LogP contribution >= 0.6 is 0 Å². The summed E-state index contributed by atoms with van der Waals surface area (Å²) < 4.78 is 5.77. The second kappa shape index (κ2) is 7.59. The van der Waals surface area contributed by atoms with E-state index in [1.54, 1.807) is 0 Å². The van der Waals surface area contributed by atoms with Gasteiger partial charge in [-0.3, -0.25) is 0 Å². The summed E-state index contributed by atoms with van der Waals surface area (Å²) in [6.45, 7) is 3.57. The average molecular weight is 255 g/mol. The average Bonchev–Trinajstić information content (AvgIpc) is 2.35. The van der Waals surface area contributed by atoms with Crippen LogP contribution in [-0.2, 0) is 4.74 Å². The first-order valence-corrected chi connectivity index (χ1v) is 7.21. The molecule has 0 atom stereocenters. The van der Waals surface area contributed by atoms with Gasteiger partial charge < -0.3 is 20.7 Å². The van der Waals surface area contributed by atoms with E-state index in [4.69, 9.17) is 4.74 Å². The van der Waals surface area contributed by atoms with Gasteiger partial charge in [-0.15, -0.1) is 0 Å². The van der Waals surface area contributed by atoms with Gasteiger partial charge in [0.2, 0.25) is 0 Å². The van der Waals surface area contributed by atoms with Crippen LogP contribution in [0.15, 0.2) is 0 Å². The highest BCUT2D eigenvalue weighted by Gasteiger charge is 2.18. The topological polar surface area (TPSA) is 62.4 Å². The van der Waals surface area contributed by atoms with Crippen LogP contribution in [0.25, 0.3) is 0 Å². The summed E-state index contributed by atoms with van der Waals surface area (Å²) >= 11 is 0. The first-order chi connectivity index (χ1) is 8.84. The highest BCUT2D eigenvalue weighted by Crippen LogP contribution is 2.17. The standard InChI is InChI=1S/C13H25N3O2/c17-13(16-11-3-1-4-11)15-7-2-10-18-12-5-8-14-9-6-12/h11-12,14H,1-10H2,(H2,15,16,17). The van der Waals surface area contributed by atoms with Crippen LogP contribution < -0.4 is 16.0 Å². The van der Waals surface area contributed by atoms with E-state index in [9.17, 15) is 4.79 Å². The Morgan fingerprint density at radius 1 is 1.22 bits per heavy atom. The second-order valence-corrected chi connectivity index (χ2v) is 5.20. The van der Waals surface area contributed by atoms with Crippen molar-refractivity contribution in [2.75, 3.05) is 26.2 Å². The highest BCUT2D eigenvalue weighted by atomic mass is 16.5. The summed E-state index contributed by atoms with van der Waals surface area (Å²) in [6.07, 6.45) is 7.02. The molecule has 2 fully saturated rings. The maximum Gasteiger partial charge on any atom is 0.315 e. The second-order valence-electron chi connectivity index (χ2n) is 5.20. The Labute approximate surface area is 109 Å². The van der Waals surface area contributed by atoms with E-state index >= 15 is 0 Å². The van der Waals surface area contributed by atoms with Gasteiger partial charge in [0, 0.05) is 19.2 Å². The van der Waals surface area contributed by atoms with Crippen LogP contribution in [0.3, 0.4) is 0 Å². The van der Waals surface area contributed by atoms with Gasteiger partial charge in [-0.25, -0.2) is 4.79 Å². The van der Waals surface area contributed by atoms with E-state index < -0.39 is 0 Å². The first-order valence-electron chi connectivity index (χ1n) is 7.21. The molecule has 0 aromatic rings. The third-order valence-corrected chi connectivity index (χ3v) is 3.69. The third-order valence-electron chi connectivity index (χ3n) is 3.69. The van der Waals surface area contributed by atoms with E-state index in [1.807, 2.05) is 0 Å². The molecule has 5 heteroatoms. The molecule has 3 N–H and O–H groups in total. The van der Waals surface area contributed by atoms with Gasteiger partial charge in [0.15, 0.2) is 0 Å². The zero-order valence-electron chi connectivity index (χ0n) is 11.0. The molecule has 104 valence electrons. The summed E-state index contributed by atoms with van der Waals surface area (Å²) in [5.41, 5.74) is 0. The number of hydrogen-bond donors (Lipinski definition) is 3. The van der Waals surface area contributed by atoms with Gasteiger partial charge in [0.25, 0.3) is 0 Å². The normalized spacial score (nSPS) is 21.3. The van der Waals surface area contributed by atoms with E-state index in [-0.39, 0.29) is 6.03 Å². The maximum atomic E-state index is 11.4. The molecule has 1 saturated heterocycles. The van der Waals surface area contributed by atoms with Gasteiger partial charge in [0.1, 0.15) is 0 Å². The van der Waals surface area contributed by atoms with E-state index in [0.29, 0.717) is 18.7 Å².